The largest absolute Gasteiger partial charge is 0.389 e. The van der Waals surface area contributed by atoms with E-state index in [0.717, 1.165) is 32.2 Å². The van der Waals surface area contributed by atoms with Crippen molar-refractivity contribution in [1.82, 2.24) is 15.1 Å². The van der Waals surface area contributed by atoms with Crippen LogP contribution in [0.2, 0.25) is 0 Å². The minimum absolute atomic E-state index is 0.331. The van der Waals surface area contributed by atoms with Gasteiger partial charge in [-0.05, 0) is 25.8 Å². The SMILES string of the molecule is CC(Cn1cccn1)NCC1(O)CCCCCC1. The van der Waals surface area contributed by atoms with Crippen LogP contribution in [0.3, 0.4) is 0 Å². The molecule has 2 N–H and O–H groups in total. The summed E-state index contributed by atoms with van der Waals surface area (Å²) in [7, 11) is 0. The zero-order valence-electron chi connectivity index (χ0n) is 11.3. The van der Waals surface area contributed by atoms with Gasteiger partial charge in [0.05, 0.1) is 12.1 Å². The monoisotopic (exact) mass is 251 g/mol. The normalized spacial score (nSPS) is 21.4. The van der Waals surface area contributed by atoms with Gasteiger partial charge in [0, 0.05) is 25.0 Å². The van der Waals surface area contributed by atoms with Crippen molar-refractivity contribution in [2.75, 3.05) is 6.54 Å². The summed E-state index contributed by atoms with van der Waals surface area (Å²) in [5.41, 5.74) is -0.491. The van der Waals surface area contributed by atoms with E-state index in [2.05, 4.69) is 17.3 Å². The van der Waals surface area contributed by atoms with Gasteiger partial charge in [0.2, 0.25) is 0 Å². The quantitative estimate of drug-likeness (QED) is 0.786. The van der Waals surface area contributed by atoms with E-state index in [9.17, 15) is 5.11 Å². The summed E-state index contributed by atoms with van der Waals surface area (Å²) in [4.78, 5) is 0. The van der Waals surface area contributed by atoms with Gasteiger partial charge < -0.3 is 10.4 Å². The zero-order valence-corrected chi connectivity index (χ0v) is 11.3. The van der Waals surface area contributed by atoms with Gasteiger partial charge in [0.15, 0.2) is 0 Å². The van der Waals surface area contributed by atoms with E-state index in [0.29, 0.717) is 12.6 Å². The first-order valence-electron chi connectivity index (χ1n) is 7.11. The Morgan fingerprint density at radius 2 is 2.06 bits per heavy atom. The van der Waals surface area contributed by atoms with Crippen molar-refractivity contribution < 1.29 is 5.11 Å². The Balaban J connectivity index is 1.75. The smallest absolute Gasteiger partial charge is 0.0771 e. The lowest BCUT2D eigenvalue weighted by Crippen LogP contribution is -2.44. The highest BCUT2D eigenvalue weighted by Gasteiger charge is 2.27. The Morgan fingerprint density at radius 1 is 1.33 bits per heavy atom. The molecule has 2 rings (SSSR count). The molecule has 1 fully saturated rings. The van der Waals surface area contributed by atoms with E-state index in [1.807, 2.05) is 16.9 Å². The highest BCUT2D eigenvalue weighted by Crippen LogP contribution is 2.26. The number of hydrogen-bond donors (Lipinski definition) is 2. The molecule has 0 aliphatic heterocycles. The summed E-state index contributed by atoms with van der Waals surface area (Å²) in [5.74, 6) is 0. The topological polar surface area (TPSA) is 50.1 Å². The molecule has 102 valence electrons. The molecule has 1 saturated carbocycles. The highest BCUT2D eigenvalue weighted by atomic mass is 16.3. The molecule has 0 amide bonds. The summed E-state index contributed by atoms with van der Waals surface area (Å²) < 4.78 is 1.93. The molecule has 1 aromatic heterocycles. The number of aromatic nitrogens is 2. The molecule has 1 aromatic rings. The van der Waals surface area contributed by atoms with Crippen molar-refractivity contribution in [2.24, 2.45) is 0 Å². The van der Waals surface area contributed by atoms with Crippen LogP contribution in [0.4, 0.5) is 0 Å². The van der Waals surface area contributed by atoms with Gasteiger partial charge in [0.1, 0.15) is 0 Å². The van der Waals surface area contributed by atoms with Gasteiger partial charge in [-0.3, -0.25) is 4.68 Å². The van der Waals surface area contributed by atoms with E-state index < -0.39 is 5.60 Å². The first-order chi connectivity index (χ1) is 8.68. The van der Waals surface area contributed by atoms with E-state index in [4.69, 9.17) is 0 Å². The van der Waals surface area contributed by atoms with Crippen LogP contribution in [0.5, 0.6) is 0 Å². The van der Waals surface area contributed by atoms with Crippen molar-refractivity contribution >= 4 is 0 Å². The van der Waals surface area contributed by atoms with Crippen LogP contribution < -0.4 is 5.32 Å². The Hall–Kier alpha value is -0.870. The highest BCUT2D eigenvalue weighted by molar-refractivity contribution is 4.85. The Morgan fingerprint density at radius 3 is 2.67 bits per heavy atom. The van der Waals surface area contributed by atoms with E-state index >= 15 is 0 Å². The van der Waals surface area contributed by atoms with Crippen LogP contribution in [0, 0.1) is 0 Å². The first kappa shape index (κ1) is 13.6. The fraction of sp³-hybridized carbons (Fsp3) is 0.786. The molecule has 1 atom stereocenters. The van der Waals surface area contributed by atoms with Gasteiger partial charge in [-0.1, -0.05) is 25.7 Å². The third-order valence-electron chi connectivity index (χ3n) is 3.83. The molecule has 0 bridgehead atoms. The molecule has 18 heavy (non-hydrogen) atoms. The molecule has 1 unspecified atom stereocenters. The van der Waals surface area contributed by atoms with E-state index in [1.165, 1.54) is 12.8 Å². The Kier molecular flexibility index (Phi) is 4.78. The fourth-order valence-corrected chi connectivity index (χ4v) is 2.68. The zero-order chi connectivity index (χ0) is 12.8. The van der Waals surface area contributed by atoms with Crippen molar-refractivity contribution in [2.45, 2.75) is 63.6 Å². The third-order valence-corrected chi connectivity index (χ3v) is 3.83. The molecular formula is C14H25N3O. The van der Waals surface area contributed by atoms with E-state index in [1.54, 1.807) is 6.20 Å². The molecule has 0 saturated heterocycles. The first-order valence-corrected chi connectivity index (χ1v) is 7.11. The van der Waals surface area contributed by atoms with Gasteiger partial charge in [-0.15, -0.1) is 0 Å². The molecule has 4 heteroatoms. The maximum Gasteiger partial charge on any atom is 0.0771 e. The standard InChI is InChI=1S/C14H25N3O/c1-13(11-17-10-6-9-16-17)15-12-14(18)7-4-2-3-5-8-14/h6,9-10,13,15,18H,2-5,7-8,11-12H2,1H3. The van der Waals surface area contributed by atoms with Crippen LogP contribution >= 0.6 is 0 Å². The lowest BCUT2D eigenvalue weighted by Gasteiger charge is -2.28. The summed E-state index contributed by atoms with van der Waals surface area (Å²) >= 11 is 0. The molecule has 1 aliphatic carbocycles. The molecule has 0 radical (unpaired) electrons. The predicted molar refractivity (Wildman–Crippen MR) is 72.3 cm³/mol. The van der Waals surface area contributed by atoms with Crippen molar-refractivity contribution in [3.8, 4) is 0 Å². The predicted octanol–water partition coefficient (Wildman–Crippen LogP) is 1.95. The van der Waals surface area contributed by atoms with Gasteiger partial charge >= 0.3 is 0 Å². The van der Waals surface area contributed by atoms with Crippen molar-refractivity contribution in [1.29, 1.82) is 0 Å². The Labute approximate surface area is 109 Å². The molecule has 0 aromatic carbocycles. The molecular weight excluding hydrogens is 226 g/mol. The second-order valence-corrected chi connectivity index (χ2v) is 5.65. The molecule has 1 heterocycles. The Bertz CT molecular complexity index is 329. The van der Waals surface area contributed by atoms with Crippen LogP contribution in [-0.4, -0.2) is 33.1 Å². The lowest BCUT2D eigenvalue weighted by atomic mass is 9.94. The number of aliphatic hydroxyl groups is 1. The van der Waals surface area contributed by atoms with E-state index in [-0.39, 0.29) is 0 Å². The number of rotatable bonds is 5. The summed E-state index contributed by atoms with van der Waals surface area (Å²) in [5, 5.41) is 18.2. The van der Waals surface area contributed by atoms with Crippen molar-refractivity contribution in [3.05, 3.63) is 18.5 Å². The second-order valence-electron chi connectivity index (χ2n) is 5.65. The summed E-state index contributed by atoms with van der Waals surface area (Å²) in [6.07, 6.45) is 10.5. The van der Waals surface area contributed by atoms with Crippen LogP contribution in [0.25, 0.3) is 0 Å². The van der Waals surface area contributed by atoms with Gasteiger partial charge in [-0.2, -0.15) is 5.10 Å². The molecule has 1 aliphatic rings. The van der Waals surface area contributed by atoms with Crippen LogP contribution in [-0.2, 0) is 6.54 Å². The number of nitrogens with zero attached hydrogens (tertiary/aromatic N) is 2. The van der Waals surface area contributed by atoms with Crippen LogP contribution in [0.15, 0.2) is 18.5 Å². The number of nitrogens with one attached hydrogen (secondary N) is 1. The average Bonchev–Trinajstić information content (AvgIpc) is 2.75. The minimum atomic E-state index is -0.491. The van der Waals surface area contributed by atoms with Gasteiger partial charge in [-0.25, -0.2) is 0 Å². The summed E-state index contributed by atoms with van der Waals surface area (Å²) in [6, 6.07) is 2.27. The molecule has 4 nitrogen and oxygen atoms in total. The summed E-state index contributed by atoms with van der Waals surface area (Å²) in [6.45, 7) is 3.69. The maximum atomic E-state index is 10.5. The van der Waals surface area contributed by atoms with Gasteiger partial charge in [0.25, 0.3) is 0 Å². The molecule has 0 spiro atoms. The van der Waals surface area contributed by atoms with Crippen LogP contribution in [0.1, 0.15) is 45.4 Å². The average molecular weight is 251 g/mol. The minimum Gasteiger partial charge on any atom is -0.389 e. The van der Waals surface area contributed by atoms with Crippen molar-refractivity contribution in [3.63, 3.8) is 0 Å². The third kappa shape index (κ3) is 4.10. The second kappa shape index (κ2) is 6.34. The fourth-order valence-electron chi connectivity index (χ4n) is 2.68. The maximum absolute atomic E-state index is 10.5. The lowest BCUT2D eigenvalue weighted by molar-refractivity contribution is 0.0226. The number of hydrogen-bond acceptors (Lipinski definition) is 3.